The van der Waals surface area contributed by atoms with Crippen LogP contribution >= 0.6 is 0 Å². The topological polar surface area (TPSA) is 37.3 Å². The molecule has 0 aromatic heterocycles. The highest BCUT2D eigenvalue weighted by Gasteiger charge is 1.69. The first-order chi connectivity index (χ1) is 3.41. The van der Waals surface area contributed by atoms with E-state index in [1.165, 1.54) is 6.08 Å². The summed E-state index contributed by atoms with van der Waals surface area (Å²) in [6, 6.07) is 0. The molecular formula is C5H7O2. The molecule has 0 aromatic carbocycles. The quantitative estimate of drug-likeness (QED) is 0.507. The smallest absolute Gasteiger partial charge is 0.225 e. The summed E-state index contributed by atoms with van der Waals surface area (Å²) < 4.78 is 0. The molecule has 0 unspecified atom stereocenters. The second-order valence-electron chi connectivity index (χ2n) is 1.03. The van der Waals surface area contributed by atoms with Gasteiger partial charge in [-0.25, -0.2) is 0 Å². The molecule has 7 heavy (non-hydrogen) atoms. The first-order valence-electron chi connectivity index (χ1n) is 2.05. The molecule has 0 saturated carbocycles. The molecule has 0 saturated heterocycles. The molecule has 0 aliphatic heterocycles. The second kappa shape index (κ2) is 5.37. The zero-order valence-electron chi connectivity index (χ0n) is 3.92. The Bertz CT molecular complexity index is 66.5. The summed E-state index contributed by atoms with van der Waals surface area (Å²) in [5.74, 6) is 0. The van der Waals surface area contributed by atoms with E-state index < -0.39 is 0 Å². The highest BCUT2D eigenvalue weighted by atomic mass is 16.2. The van der Waals surface area contributed by atoms with E-state index in [0.717, 1.165) is 0 Å². The molecule has 0 bridgehead atoms. The fourth-order valence-electron chi connectivity index (χ4n) is 0.206. The average molecular weight is 99.1 g/mol. The van der Waals surface area contributed by atoms with E-state index in [4.69, 9.17) is 5.11 Å². The maximum atomic E-state index is 9.39. The number of hydrogen-bond acceptors (Lipinski definition) is 2. The van der Waals surface area contributed by atoms with Crippen LogP contribution < -0.4 is 0 Å². The standard InChI is InChI=1S/C5H7O2/c6-4-2-1-3-5-7/h1-2,7H,3,5H2. The van der Waals surface area contributed by atoms with Gasteiger partial charge in [0, 0.05) is 6.61 Å². The minimum atomic E-state index is 0.0954. The van der Waals surface area contributed by atoms with Gasteiger partial charge in [-0.3, -0.25) is 4.79 Å². The summed E-state index contributed by atoms with van der Waals surface area (Å²) in [5, 5.41) is 8.11. The van der Waals surface area contributed by atoms with Gasteiger partial charge in [-0.05, 0) is 12.5 Å². The van der Waals surface area contributed by atoms with E-state index in [1.54, 1.807) is 12.4 Å². The number of aliphatic hydroxyl groups excluding tert-OH is 1. The van der Waals surface area contributed by atoms with Crippen LogP contribution in [0.2, 0.25) is 0 Å². The van der Waals surface area contributed by atoms with Gasteiger partial charge in [-0.2, -0.15) is 0 Å². The third-order valence-corrected chi connectivity index (χ3v) is 0.482. The van der Waals surface area contributed by atoms with Crippen LogP contribution in [0.4, 0.5) is 0 Å². The summed E-state index contributed by atoms with van der Waals surface area (Å²) in [6.07, 6.45) is 4.91. The summed E-state index contributed by atoms with van der Waals surface area (Å²) in [5.41, 5.74) is 0. The van der Waals surface area contributed by atoms with Gasteiger partial charge < -0.3 is 5.11 Å². The van der Waals surface area contributed by atoms with Gasteiger partial charge in [0.2, 0.25) is 6.29 Å². The maximum Gasteiger partial charge on any atom is 0.225 e. The number of allylic oxidation sites excluding steroid dienone is 1. The molecular weight excluding hydrogens is 92.1 g/mol. The summed E-state index contributed by atoms with van der Waals surface area (Å²) in [4.78, 5) is 9.39. The summed E-state index contributed by atoms with van der Waals surface area (Å²) in [7, 11) is 0. The lowest BCUT2D eigenvalue weighted by atomic mass is 10.4. The average Bonchev–Trinajstić information content (AvgIpc) is 1.69. The third-order valence-electron chi connectivity index (χ3n) is 0.482. The van der Waals surface area contributed by atoms with Gasteiger partial charge in [-0.15, -0.1) is 0 Å². The van der Waals surface area contributed by atoms with Gasteiger partial charge in [0.1, 0.15) is 0 Å². The van der Waals surface area contributed by atoms with Gasteiger partial charge >= 0.3 is 0 Å². The molecule has 0 aliphatic carbocycles. The van der Waals surface area contributed by atoms with Crippen molar-refractivity contribution in [2.24, 2.45) is 0 Å². The van der Waals surface area contributed by atoms with Crippen molar-refractivity contribution in [2.75, 3.05) is 6.61 Å². The van der Waals surface area contributed by atoms with Crippen LogP contribution in [0.15, 0.2) is 12.2 Å². The first-order valence-corrected chi connectivity index (χ1v) is 2.05. The van der Waals surface area contributed by atoms with E-state index in [9.17, 15) is 4.79 Å². The molecule has 2 nitrogen and oxygen atoms in total. The minimum absolute atomic E-state index is 0.0954. The molecule has 0 rings (SSSR count). The normalized spacial score (nSPS) is 9.86. The Labute approximate surface area is 42.5 Å². The predicted octanol–water partition coefficient (Wildman–Crippen LogP) is 0.0347. The molecule has 0 aromatic rings. The van der Waals surface area contributed by atoms with E-state index >= 15 is 0 Å². The number of aliphatic hydroxyl groups is 1. The lowest BCUT2D eigenvalue weighted by molar-refractivity contribution is 0.302. The van der Waals surface area contributed by atoms with Crippen molar-refractivity contribution < 1.29 is 9.90 Å². The summed E-state index contributed by atoms with van der Waals surface area (Å²) in [6.45, 7) is 0.0954. The van der Waals surface area contributed by atoms with E-state index in [1.807, 2.05) is 0 Å². The van der Waals surface area contributed by atoms with E-state index in [-0.39, 0.29) is 6.61 Å². The first kappa shape index (κ1) is 6.37. The van der Waals surface area contributed by atoms with Crippen LogP contribution in [-0.4, -0.2) is 18.0 Å². The molecule has 0 fully saturated rings. The van der Waals surface area contributed by atoms with Crippen LogP contribution in [0, 0.1) is 0 Å². The molecule has 1 radical (unpaired) electrons. The van der Waals surface area contributed by atoms with Gasteiger partial charge in [0.25, 0.3) is 0 Å². The van der Waals surface area contributed by atoms with E-state index in [2.05, 4.69) is 0 Å². The van der Waals surface area contributed by atoms with Crippen molar-refractivity contribution in [1.82, 2.24) is 0 Å². The molecule has 0 aliphatic rings. The Morgan fingerprint density at radius 3 is 2.86 bits per heavy atom. The number of hydrogen-bond donors (Lipinski definition) is 1. The Balaban J connectivity index is 2.92. The van der Waals surface area contributed by atoms with Crippen molar-refractivity contribution >= 4 is 6.29 Å². The highest BCUT2D eigenvalue weighted by Crippen LogP contribution is 1.75. The van der Waals surface area contributed by atoms with Crippen molar-refractivity contribution in [3.63, 3.8) is 0 Å². The molecule has 0 atom stereocenters. The number of rotatable bonds is 3. The second-order valence-corrected chi connectivity index (χ2v) is 1.03. The highest BCUT2D eigenvalue weighted by molar-refractivity contribution is 5.65. The lowest BCUT2D eigenvalue weighted by Gasteiger charge is -1.76. The molecule has 0 amide bonds. The van der Waals surface area contributed by atoms with Gasteiger partial charge in [-0.1, -0.05) is 6.08 Å². The monoisotopic (exact) mass is 99.0 g/mol. The van der Waals surface area contributed by atoms with Crippen molar-refractivity contribution in [3.05, 3.63) is 12.2 Å². The largest absolute Gasteiger partial charge is 0.396 e. The van der Waals surface area contributed by atoms with E-state index in [0.29, 0.717) is 6.42 Å². The Kier molecular flexibility index (Phi) is 4.89. The van der Waals surface area contributed by atoms with Crippen molar-refractivity contribution in [2.45, 2.75) is 6.42 Å². The van der Waals surface area contributed by atoms with Gasteiger partial charge in [0.05, 0.1) is 0 Å². The molecule has 0 heterocycles. The van der Waals surface area contributed by atoms with Crippen LogP contribution in [-0.2, 0) is 4.79 Å². The van der Waals surface area contributed by atoms with Crippen LogP contribution in [0.3, 0.4) is 0 Å². The third kappa shape index (κ3) is 5.37. The SMILES string of the molecule is O=[C]C=CCCO. The van der Waals surface area contributed by atoms with Crippen LogP contribution in [0.25, 0.3) is 0 Å². The zero-order chi connectivity index (χ0) is 5.54. The Morgan fingerprint density at radius 2 is 2.43 bits per heavy atom. The lowest BCUT2D eigenvalue weighted by Crippen LogP contribution is -1.74. The van der Waals surface area contributed by atoms with Crippen molar-refractivity contribution in [3.8, 4) is 0 Å². The number of carbonyl (C=O) groups excluding carboxylic acids is 1. The summed E-state index contributed by atoms with van der Waals surface area (Å²) >= 11 is 0. The fourth-order valence-corrected chi connectivity index (χ4v) is 0.206. The van der Waals surface area contributed by atoms with Crippen molar-refractivity contribution in [1.29, 1.82) is 0 Å². The van der Waals surface area contributed by atoms with Crippen LogP contribution in [0.1, 0.15) is 6.42 Å². The minimum Gasteiger partial charge on any atom is -0.396 e. The molecule has 39 valence electrons. The Hall–Kier alpha value is -0.630. The molecule has 2 heteroatoms. The zero-order valence-corrected chi connectivity index (χ0v) is 3.92. The molecule has 0 spiro atoms. The Morgan fingerprint density at radius 1 is 1.71 bits per heavy atom. The predicted molar refractivity (Wildman–Crippen MR) is 26.5 cm³/mol. The van der Waals surface area contributed by atoms with Gasteiger partial charge in [0.15, 0.2) is 0 Å². The maximum absolute atomic E-state index is 9.39. The fraction of sp³-hybridized carbons (Fsp3) is 0.400. The molecule has 1 N–H and O–H groups in total. The van der Waals surface area contributed by atoms with Crippen LogP contribution in [0.5, 0.6) is 0 Å².